The summed E-state index contributed by atoms with van der Waals surface area (Å²) in [6, 6.07) is 6.92. The predicted octanol–water partition coefficient (Wildman–Crippen LogP) is 4.34. The molecule has 0 saturated heterocycles. The molecule has 1 N–H and O–H groups in total. The SMILES string of the molecule is CCCCN(C(=O)c1cccc(Cl)c1)c1nc2n(c1C(=O)NCCCn1ccnc1)CCCC2. The summed E-state index contributed by atoms with van der Waals surface area (Å²) in [7, 11) is 0. The van der Waals surface area contributed by atoms with Crippen molar-refractivity contribution in [3.8, 4) is 0 Å². The fraction of sp³-hybridized carbons (Fsp3) is 0.440. The zero-order chi connectivity index (χ0) is 23.9. The highest BCUT2D eigenvalue weighted by atomic mass is 35.5. The van der Waals surface area contributed by atoms with Crippen molar-refractivity contribution < 1.29 is 9.59 Å². The van der Waals surface area contributed by atoms with E-state index in [4.69, 9.17) is 16.6 Å². The molecule has 0 fully saturated rings. The standard InChI is InChI=1S/C25H31ClN6O2/c1-2-3-14-32(25(34)19-8-6-9-20(26)17-19)23-22(31-15-5-4-10-21(31)29-23)24(33)28-11-7-13-30-16-12-27-18-30/h6,8-9,12,16-18H,2-5,7,10-11,13-15H2,1H3,(H,28,33). The number of nitrogens with one attached hydrogen (secondary N) is 1. The van der Waals surface area contributed by atoms with Crippen LogP contribution in [0.4, 0.5) is 5.82 Å². The lowest BCUT2D eigenvalue weighted by Crippen LogP contribution is -2.36. The number of rotatable bonds is 10. The maximum absolute atomic E-state index is 13.6. The lowest BCUT2D eigenvalue weighted by Gasteiger charge is -2.22. The molecule has 0 spiro atoms. The Morgan fingerprint density at radius 1 is 1.24 bits per heavy atom. The number of imidazole rings is 2. The van der Waals surface area contributed by atoms with E-state index in [-0.39, 0.29) is 11.8 Å². The van der Waals surface area contributed by atoms with E-state index in [2.05, 4.69) is 17.2 Å². The first-order valence-electron chi connectivity index (χ1n) is 12.0. The third-order valence-corrected chi connectivity index (χ3v) is 6.26. The van der Waals surface area contributed by atoms with Crippen LogP contribution in [0.5, 0.6) is 0 Å². The number of aromatic nitrogens is 4. The van der Waals surface area contributed by atoms with Crippen LogP contribution in [0.25, 0.3) is 0 Å². The molecule has 2 aromatic heterocycles. The van der Waals surface area contributed by atoms with Gasteiger partial charge in [0.25, 0.3) is 11.8 Å². The second-order valence-electron chi connectivity index (χ2n) is 8.54. The Labute approximate surface area is 204 Å². The number of amides is 2. The molecule has 2 amide bonds. The van der Waals surface area contributed by atoms with Gasteiger partial charge in [-0.1, -0.05) is 31.0 Å². The fourth-order valence-electron chi connectivity index (χ4n) is 4.25. The third kappa shape index (κ3) is 5.50. The van der Waals surface area contributed by atoms with Gasteiger partial charge in [0.1, 0.15) is 5.82 Å². The van der Waals surface area contributed by atoms with Crippen LogP contribution in [0, 0.1) is 0 Å². The van der Waals surface area contributed by atoms with E-state index in [1.807, 2.05) is 15.3 Å². The number of fused-ring (bicyclic) bond motifs is 1. The summed E-state index contributed by atoms with van der Waals surface area (Å²) < 4.78 is 3.97. The van der Waals surface area contributed by atoms with Crippen LogP contribution in [0.1, 0.15) is 65.7 Å². The van der Waals surface area contributed by atoms with Gasteiger partial charge in [-0.15, -0.1) is 0 Å². The van der Waals surface area contributed by atoms with E-state index in [0.717, 1.165) is 57.4 Å². The quantitative estimate of drug-likeness (QED) is 0.436. The molecule has 1 aliphatic rings. The number of anilines is 1. The summed E-state index contributed by atoms with van der Waals surface area (Å²) in [5.74, 6) is 0.926. The van der Waals surface area contributed by atoms with Crippen LogP contribution in [0.3, 0.4) is 0 Å². The monoisotopic (exact) mass is 482 g/mol. The number of aryl methyl sites for hydroxylation is 2. The molecule has 0 atom stereocenters. The van der Waals surface area contributed by atoms with Gasteiger partial charge in [0.2, 0.25) is 0 Å². The molecule has 0 saturated carbocycles. The topological polar surface area (TPSA) is 85.0 Å². The Morgan fingerprint density at radius 3 is 2.88 bits per heavy atom. The normalized spacial score (nSPS) is 12.9. The molecular weight excluding hydrogens is 452 g/mol. The van der Waals surface area contributed by atoms with Crippen molar-refractivity contribution in [3.05, 3.63) is 65.1 Å². The van der Waals surface area contributed by atoms with Crippen molar-refractivity contribution in [1.82, 2.24) is 24.4 Å². The van der Waals surface area contributed by atoms with Gasteiger partial charge in [0, 0.05) is 55.6 Å². The first kappa shape index (κ1) is 24.0. The molecule has 4 rings (SSSR count). The van der Waals surface area contributed by atoms with Crippen LogP contribution in [-0.2, 0) is 19.5 Å². The molecule has 0 aliphatic carbocycles. The summed E-state index contributed by atoms with van der Waals surface area (Å²) in [6.45, 7) is 4.59. The number of halogens is 1. The maximum Gasteiger partial charge on any atom is 0.271 e. The van der Waals surface area contributed by atoms with E-state index < -0.39 is 0 Å². The van der Waals surface area contributed by atoms with Crippen LogP contribution in [0.15, 0.2) is 43.0 Å². The Kier molecular flexibility index (Phi) is 8.00. The van der Waals surface area contributed by atoms with Crippen LogP contribution >= 0.6 is 11.6 Å². The second-order valence-corrected chi connectivity index (χ2v) is 8.98. The Hall–Kier alpha value is -3.13. The average molecular weight is 483 g/mol. The molecule has 180 valence electrons. The Balaban J connectivity index is 1.61. The minimum absolute atomic E-state index is 0.193. The highest BCUT2D eigenvalue weighted by molar-refractivity contribution is 6.31. The number of hydrogen-bond acceptors (Lipinski definition) is 4. The largest absolute Gasteiger partial charge is 0.351 e. The van der Waals surface area contributed by atoms with Gasteiger partial charge < -0.3 is 14.5 Å². The summed E-state index contributed by atoms with van der Waals surface area (Å²) in [4.78, 5) is 37.5. The van der Waals surface area contributed by atoms with E-state index >= 15 is 0 Å². The molecular formula is C25H31ClN6O2. The summed E-state index contributed by atoms with van der Waals surface area (Å²) in [5.41, 5.74) is 0.963. The molecule has 0 radical (unpaired) electrons. The first-order valence-corrected chi connectivity index (χ1v) is 12.4. The number of nitrogens with zero attached hydrogens (tertiary/aromatic N) is 5. The number of benzene rings is 1. The molecule has 3 heterocycles. The molecule has 1 aliphatic heterocycles. The summed E-state index contributed by atoms with van der Waals surface area (Å²) >= 11 is 6.16. The van der Waals surface area contributed by atoms with Crippen molar-refractivity contribution in [3.63, 3.8) is 0 Å². The fourth-order valence-corrected chi connectivity index (χ4v) is 4.44. The van der Waals surface area contributed by atoms with Crippen molar-refractivity contribution in [2.45, 2.75) is 58.5 Å². The van der Waals surface area contributed by atoms with E-state index in [0.29, 0.717) is 35.2 Å². The maximum atomic E-state index is 13.6. The van der Waals surface area contributed by atoms with Gasteiger partial charge in [-0.2, -0.15) is 0 Å². The average Bonchev–Trinajstić information content (AvgIpc) is 3.50. The van der Waals surface area contributed by atoms with Crippen molar-refractivity contribution in [2.24, 2.45) is 0 Å². The Morgan fingerprint density at radius 2 is 2.12 bits per heavy atom. The highest BCUT2D eigenvalue weighted by Crippen LogP contribution is 2.28. The third-order valence-electron chi connectivity index (χ3n) is 6.02. The minimum atomic E-state index is -0.194. The van der Waals surface area contributed by atoms with E-state index in [1.54, 1.807) is 41.7 Å². The van der Waals surface area contributed by atoms with E-state index in [9.17, 15) is 9.59 Å². The van der Waals surface area contributed by atoms with E-state index in [1.165, 1.54) is 0 Å². The predicted molar refractivity (Wildman–Crippen MR) is 132 cm³/mol. The molecule has 1 aromatic carbocycles. The van der Waals surface area contributed by atoms with Gasteiger partial charge in [-0.05, 0) is 43.9 Å². The zero-order valence-corrected chi connectivity index (χ0v) is 20.3. The number of unbranched alkanes of at least 4 members (excludes halogenated alkanes) is 1. The number of carbonyl (C=O) groups excluding carboxylic acids is 2. The molecule has 34 heavy (non-hydrogen) atoms. The zero-order valence-electron chi connectivity index (χ0n) is 19.5. The van der Waals surface area contributed by atoms with Crippen molar-refractivity contribution >= 4 is 29.2 Å². The van der Waals surface area contributed by atoms with Gasteiger partial charge in [0.05, 0.1) is 6.33 Å². The summed E-state index contributed by atoms with van der Waals surface area (Å²) in [5, 5.41) is 3.55. The highest BCUT2D eigenvalue weighted by Gasteiger charge is 2.31. The van der Waals surface area contributed by atoms with Gasteiger partial charge in [-0.3, -0.25) is 14.5 Å². The van der Waals surface area contributed by atoms with Crippen LogP contribution in [0.2, 0.25) is 5.02 Å². The second kappa shape index (κ2) is 11.3. The molecule has 3 aromatic rings. The van der Waals surface area contributed by atoms with Gasteiger partial charge >= 0.3 is 0 Å². The number of carbonyl (C=O) groups is 2. The lowest BCUT2D eigenvalue weighted by molar-refractivity contribution is 0.0942. The van der Waals surface area contributed by atoms with Gasteiger partial charge in [0.15, 0.2) is 11.5 Å². The van der Waals surface area contributed by atoms with Crippen LogP contribution < -0.4 is 10.2 Å². The molecule has 0 bridgehead atoms. The van der Waals surface area contributed by atoms with Crippen molar-refractivity contribution in [1.29, 1.82) is 0 Å². The smallest absolute Gasteiger partial charge is 0.271 e. The molecule has 8 nitrogen and oxygen atoms in total. The number of hydrogen-bond donors (Lipinski definition) is 1. The first-order chi connectivity index (χ1) is 16.6. The van der Waals surface area contributed by atoms with Crippen molar-refractivity contribution in [2.75, 3.05) is 18.0 Å². The Bertz CT molecular complexity index is 1120. The van der Waals surface area contributed by atoms with Crippen LogP contribution in [-0.4, -0.2) is 44.0 Å². The summed E-state index contributed by atoms with van der Waals surface area (Å²) in [6.07, 6.45) is 10.7. The molecule has 0 unspecified atom stereocenters. The lowest BCUT2D eigenvalue weighted by atomic mass is 10.1. The van der Waals surface area contributed by atoms with Gasteiger partial charge in [-0.25, -0.2) is 9.97 Å². The molecule has 9 heteroatoms. The minimum Gasteiger partial charge on any atom is -0.351 e.